The molecule has 2 amide bonds. The van der Waals surface area contributed by atoms with Gasteiger partial charge in [0, 0.05) is 11.3 Å². The summed E-state index contributed by atoms with van der Waals surface area (Å²) in [5, 5.41) is 2.79. The summed E-state index contributed by atoms with van der Waals surface area (Å²) in [6.07, 6.45) is -0.679. The Labute approximate surface area is 141 Å². The van der Waals surface area contributed by atoms with Gasteiger partial charge in [-0.2, -0.15) is 0 Å². The number of hydrogen-bond donors (Lipinski definition) is 2. The molecule has 2 aromatic rings. The smallest absolute Gasteiger partial charge is 0.265 e. The van der Waals surface area contributed by atoms with Crippen LogP contribution >= 0.6 is 0 Å². The van der Waals surface area contributed by atoms with Gasteiger partial charge in [0.15, 0.2) is 6.10 Å². The summed E-state index contributed by atoms with van der Waals surface area (Å²) in [6.45, 7) is 7.33. The molecule has 0 spiro atoms. The highest BCUT2D eigenvalue weighted by Gasteiger charge is 2.18. The number of carbonyl (C=O) groups is 2. The fourth-order valence-electron chi connectivity index (χ4n) is 2.35. The fourth-order valence-corrected chi connectivity index (χ4v) is 2.35. The Morgan fingerprint density at radius 3 is 2.50 bits per heavy atom. The van der Waals surface area contributed by atoms with Gasteiger partial charge in [-0.1, -0.05) is 18.2 Å². The maximum absolute atomic E-state index is 12.4. The van der Waals surface area contributed by atoms with Gasteiger partial charge in [-0.25, -0.2) is 0 Å². The Morgan fingerprint density at radius 1 is 1.12 bits per heavy atom. The Balaban J connectivity index is 2.14. The Morgan fingerprint density at radius 2 is 1.83 bits per heavy atom. The van der Waals surface area contributed by atoms with Gasteiger partial charge in [-0.3, -0.25) is 9.59 Å². The van der Waals surface area contributed by atoms with E-state index in [1.54, 1.807) is 32.0 Å². The van der Waals surface area contributed by atoms with Crippen LogP contribution in [0.25, 0.3) is 0 Å². The number of hydrogen-bond acceptors (Lipinski definition) is 3. The zero-order chi connectivity index (χ0) is 17.9. The molecule has 126 valence electrons. The minimum absolute atomic E-state index is 0.291. The molecule has 0 aliphatic heterocycles. The molecule has 2 aromatic carbocycles. The van der Waals surface area contributed by atoms with Crippen LogP contribution in [0.5, 0.6) is 5.75 Å². The summed E-state index contributed by atoms with van der Waals surface area (Å²) in [5.41, 5.74) is 8.93. The van der Waals surface area contributed by atoms with Gasteiger partial charge in [0.25, 0.3) is 5.91 Å². The van der Waals surface area contributed by atoms with Crippen LogP contribution in [0.1, 0.15) is 34.0 Å². The molecular weight excluding hydrogens is 304 g/mol. The van der Waals surface area contributed by atoms with E-state index in [1.807, 2.05) is 32.0 Å². The first-order chi connectivity index (χ1) is 11.3. The molecule has 0 unspecified atom stereocenters. The molecule has 5 nitrogen and oxygen atoms in total. The second kappa shape index (κ2) is 7.17. The molecule has 3 N–H and O–H groups in total. The number of ether oxygens (including phenoxy) is 1. The van der Waals surface area contributed by atoms with Crippen LogP contribution in [0.15, 0.2) is 36.4 Å². The van der Waals surface area contributed by atoms with Crippen LogP contribution in [-0.2, 0) is 4.79 Å². The molecule has 24 heavy (non-hydrogen) atoms. The third-order valence-electron chi connectivity index (χ3n) is 3.87. The number of anilines is 1. The van der Waals surface area contributed by atoms with Gasteiger partial charge in [0.1, 0.15) is 5.75 Å². The topological polar surface area (TPSA) is 81.4 Å². The summed E-state index contributed by atoms with van der Waals surface area (Å²) in [5.74, 6) is -0.135. The van der Waals surface area contributed by atoms with E-state index < -0.39 is 12.0 Å². The second-order valence-electron chi connectivity index (χ2n) is 5.86. The van der Waals surface area contributed by atoms with Crippen molar-refractivity contribution in [3.05, 3.63) is 58.7 Å². The van der Waals surface area contributed by atoms with Crippen molar-refractivity contribution in [2.45, 2.75) is 33.8 Å². The lowest BCUT2D eigenvalue weighted by molar-refractivity contribution is -0.122. The molecule has 1 atom stereocenters. The van der Waals surface area contributed by atoms with Gasteiger partial charge in [0.05, 0.1) is 0 Å². The Bertz CT molecular complexity index is 784. The fraction of sp³-hybridized carbons (Fsp3) is 0.263. The van der Waals surface area contributed by atoms with Crippen molar-refractivity contribution in [2.24, 2.45) is 5.73 Å². The molecule has 0 saturated heterocycles. The third kappa shape index (κ3) is 3.93. The molecule has 0 heterocycles. The Hall–Kier alpha value is -2.82. The zero-order valence-corrected chi connectivity index (χ0v) is 14.3. The third-order valence-corrected chi connectivity index (χ3v) is 3.87. The van der Waals surface area contributed by atoms with Crippen LogP contribution < -0.4 is 15.8 Å². The first kappa shape index (κ1) is 17.5. The lowest BCUT2D eigenvalue weighted by atomic mass is 10.1. The molecule has 0 aliphatic carbocycles. The lowest BCUT2D eigenvalue weighted by Crippen LogP contribution is -2.30. The van der Waals surface area contributed by atoms with Crippen molar-refractivity contribution in [2.75, 3.05) is 5.32 Å². The number of aryl methyl sites for hydroxylation is 2. The van der Waals surface area contributed by atoms with Crippen LogP contribution in [0.2, 0.25) is 0 Å². The van der Waals surface area contributed by atoms with E-state index in [9.17, 15) is 9.59 Å². The lowest BCUT2D eigenvalue weighted by Gasteiger charge is -2.18. The molecule has 5 heteroatoms. The van der Waals surface area contributed by atoms with Crippen molar-refractivity contribution >= 4 is 17.5 Å². The number of nitrogens with one attached hydrogen (secondary N) is 1. The summed E-state index contributed by atoms with van der Waals surface area (Å²) in [7, 11) is 0. The Kier molecular flexibility index (Phi) is 5.24. The molecule has 0 aliphatic rings. The maximum atomic E-state index is 12.4. The van der Waals surface area contributed by atoms with Crippen molar-refractivity contribution in [3.8, 4) is 5.75 Å². The van der Waals surface area contributed by atoms with Gasteiger partial charge < -0.3 is 15.8 Å². The number of nitrogens with two attached hydrogens (primary N) is 1. The first-order valence-electron chi connectivity index (χ1n) is 7.73. The van der Waals surface area contributed by atoms with E-state index in [0.717, 1.165) is 11.1 Å². The van der Waals surface area contributed by atoms with Gasteiger partial charge in [-0.15, -0.1) is 0 Å². The largest absolute Gasteiger partial charge is 0.481 e. The van der Waals surface area contributed by atoms with Crippen molar-refractivity contribution in [1.29, 1.82) is 0 Å². The van der Waals surface area contributed by atoms with Crippen LogP contribution in [0.4, 0.5) is 5.69 Å². The van der Waals surface area contributed by atoms with E-state index >= 15 is 0 Å². The average Bonchev–Trinajstić information content (AvgIpc) is 2.52. The van der Waals surface area contributed by atoms with E-state index in [2.05, 4.69) is 5.32 Å². The van der Waals surface area contributed by atoms with Crippen molar-refractivity contribution < 1.29 is 14.3 Å². The SMILES string of the molecule is Cc1ccc(C)c(O[C@H](C)C(=O)Nc2cccc(C(N)=O)c2C)c1. The van der Waals surface area contributed by atoms with E-state index in [4.69, 9.17) is 10.5 Å². The standard InChI is InChI=1S/C19H22N2O3/c1-11-8-9-12(2)17(10-11)24-14(4)19(23)21-16-7-5-6-15(13(16)3)18(20)22/h5-10,14H,1-4H3,(H2,20,22)(H,21,23)/t14-/m1/s1. The van der Waals surface area contributed by atoms with Gasteiger partial charge in [-0.05, 0) is 62.6 Å². The van der Waals surface area contributed by atoms with Gasteiger partial charge in [0.2, 0.25) is 5.91 Å². The number of rotatable bonds is 5. The molecular formula is C19H22N2O3. The highest BCUT2D eigenvalue weighted by molar-refractivity contribution is 5.99. The van der Waals surface area contributed by atoms with Gasteiger partial charge >= 0.3 is 0 Å². The molecule has 0 bridgehead atoms. The van der Waals surface area contributed by atoms with E-state index in [-0.39, 0.29) is 5.91 Å². The summed E-state index contributed by atoms with van der Waals surface area (Å²) >= 11 is 0. The summed E-state index contributed by atoms with van der Waals surface area (Å²) in [6, 6.07) is 10.9. The maximum Gasteiger partial charge on any atom is 0.265 e. The predicted molar refractivity (Wildman–Crippen MR) is 94.3 cm³/mol. The molecule has 0 radical (unpaired) electrons. The van der Waals surface area contributed by atoms with Crippen molar-refractivity contribution in [3.63, 3.8) is 0 Å². The number of benzene rings is 2. The van der Waals surface area contributed by atoms with E-state index in [0.29, 0.717) is 22.6 Å². The highest BCUT2D eigenvalue weighted by Crippen LogP contribution is 2.22. The average molecular weight is 326 g/mol. The van der Waals surface area contributed by atoms with Crippen LogP contribution in [-0.4, -0.2) is 17.9 Å². The molecule has 0 aromatic heterocycles. The number of amides is 2. The van der Waals surface area contributed by atoms with E-state index in [1.165, 1.54) is 0 Å². The monoisotopic (exact) mass is 326 g/mol. The van der Waals surface area contributed by atoms with Crippen molar-refractivity contribution in [1.82, 2.24) is 0 Å². The first-order valence-corrected chi connectivity index (χ1v) is 7.73. The predicted octanol–water partition coefficient (Wildman–Crippen LogP) is 3.12. The minimum atomic E-state index is -0.679. The van der Waals surface area contributed by atoms with Crippen LogP contribution in [0.3, 0.4) is 0 Å². The zero-order valence-electron chi connectivity index (χ0n) is 14.3. The highest BCUT2D eigenvalue weighted by atomic mass is 16.5. The molecule has 0 saturated carbocycles. The van der Waals surface area contributed by atoms with Crippen LogP contribution in [0, 0.1) is 20.8 Å². The number of primary amides is 1. The number of carbonyl (C=O) groups excluding carboxylic acids is 2. The molecule has 2 rings (SSSR count). The molecule has 0 fully saturated rings. The normalized spacial score (nSPS) is 11.7. The summed E-state index contributed by atoms with van der Waals surface area (Å²) < 4.78 is 5.77. The quantitative estimate of drug-likeness (QED) is 0.886. The summed E-state index contributed by atoms with van der Waals surface area (Å²) in [4.78, 5) is 23.8. The minimum Gasteiger partial charge on any atom is -0.481 e. The second-order valence-corrected chi connectivity index (χ2v) is 5.86.